The van der Waals surface area contributed by atoms with Gasteiger partial charge in [-0.05, 0) is 17.7 Å². The van der Waals surface area contributed by atoms with E-state index in [1.54, 1.807) is 17.8 Å². The Morgan fingerprint density at radius 1 is 1.24 bits per heavy atom. The maximum atomic E-state index is 11.8. The molecule has 2 N–H and O–H groups in total. The van der Waals surface area contributed by atoms with Gasteiger partial charge in [-0.25, -0.2) is 4.52 Å². The van der Waals surface area contributed by atoms with Crippen molar-refractivity contribution in [3.05, 3.63) is 66.0 Å². The molecule has 0 radical (unpaired) electrons. The van der Waals surface area contributed by atoms with Crippen LogP contribution in [0.25, 0.3) is 5.52 Å². The van der Waals surface area contributed by atoms with E-state index in [9.17, 15) is 4.79 Å². The third kappa shape index (κ3) is 2.72. The van der Waals surface area contributed by atoms with Crippen LogP contribution in [-0.4, -0.2) is 22.6 Å². The SMILES string of the molecule is CNC(=O)c1cnn2ccc(NCc3ccccc3)cc12. The molecule has 0 aliphatic carbocycles. The van der Waals surface area contributed by atoms with E-state index in [4.69, 9.17) is 0 Å². The van der Waals surface area contributed by atoms with Crippen LogP contribution in [0.1, 0.15) is 15.9 Å². The van der Waals surface area contributed by atoms with E-state index in [-0.39, 0.29) is 5.91 Å². The fraction of sp³-hybridized carbons (Fsp3) is 0.125. The van der Waals surface area contributed by atoms with E-state index in [0.29, 0.717) is 5.56 Å². The lowest BCUT2D eigenvalue weighted by Crippen LogP contribution is -2.17. The van der Waals surface area contributed by atoms with Crippen LogP contribution in [0.3, 0.4) is 0 Å². The first-order valence-electron chi connectivity index (χ1n) is 6.75. The lowest BCUT2D eigenvalue weighted by molar-refractivity contribution is 0.0964. The zero-order valence-corrected chi connectivity index (χ0v) is 11.7. The van der Waals surface area contributed by atoms with Gasteiger partial charge in [0.2, 0.25) is 0 Å². The van der Waals surface area contributed by atoms with Crippen LogP contribution in [0.5, 0.6) is 0 Å². The van der Waals surface area contributed by atoms with Crippen molar-refractivity contribution in [1.82, 2.24) is 14.9 Å². The average Bonchev–Trinajstić information content (AvgIpc) is 2.96. The highest BCUT2D eigenvalue weighted by molar-refractivity contribution is 6.00. The lowest BCUT2D eigenvalue weighted by atomic mass is 10.2. The zero-order chi connectivity index (χ0) is 14.7. The van der Waals surface area contributed by atoms with Gasteiger partial charge in [-0.1, -0.05) is 30.3 Å². The molecular weight excluding hydrogens is 264 g/mol. The summed E-state index contributed by atoms with van der Waals surface area (Å²) in [6, 6.07) is 14.0. The molecule has 5 nitrogen and oxygen atoms in total. The third-order valence-electron chi connectivity index (χ3n) is 3.33. The summed E-state index contributed by atoms with van der Waals surface area (Å²) in [5.41, 5.74) is 3.52. The molecule has 0 atom stereocenters. The Hall–Kier alpha value is -2.82. The van der Waals surface area contributed by atoms with Crippen molar-refractivity contribution in [2.45, 2.75) is 6.54 Å². The fourth-order valence-electron chi connectivity index (χ4n) is 2.20. The molecule has 3 rings (SSSR count). The molecule has 21 heavy (non-hydrogen) atoms. The topological polar surface area (TPSA) is 58.4 Å². The van der Waals surface area contributed by atoms with Crippen LogP contribution < -0.4 is 10.6 Å². The second-order valence-electron chi connectivity index (χ2n) is 4.72. The highest BCUT2D eigenvalue weighted by atomic mass is 16.1. The Balaban J connectivity index is 1.84. The Morgan fingerprint density at radius 3 is 2.81 bits per heavy atom. The number of amides is 1. The first-order valence-corrected chi connectivity index (χ1v) is 6.75. The van der Waals surface area contributed by atoms with Crippen LogP contribution >= 0.6 is 0 Å². The summed E-state index contributed by atoms with van der Waals surface area (Å²) in [4.78, 5) is 11.8. The first-order chi connectivity index (χ1) is 10.3. The van der Waals surface area contributed by atoms with E-state index in [2.05, 4.69) is 27.9 Å². The normalized spacial score (nSPS) is 10.5. The molecule has 0 aliphatic rings. The maximum absolute atomic E-state index is 11.8. The van der Waals surface area contributed by atoms with E-state index in [1.807, 2.05) is 36.5 Å². The smallest absolute Gasteiger partial charge is 0.254 e. The van der Waals surface area contributed by atoms with Gasteiger partial charge >= 0.3 is 0 Å². The van der Waals surface area contributed by atoms with Gasteiger partial charge in [0.15, 0.2) is 0 Å². The van der Waals surface area contributed by atoms with Gasteiger partial charge < -0.3 is 10.6 Å². The number of hydrogen-bond donors (Lipinski definition) is 2. The summed E-state index contributed by atoms with van der Waals surface area (Å²) < 4.78 is 1.69. The number of anilines is 1. The molecule has 0 unspecified atom stereocenters. The van der Waals surface area contributed by atoms with E-state index >= 15 is 0 Å². The highest BCUT2D eigenvalue weighted by Crippen LogP contribution is 2.16. The molecule has 0 saturated carbocycles. The Labute approximate surface area is 122 Å². The van der Waals surface area contributed by atoms with Crippen molar-refractivity contribution >= 4 is 17.1 Å². The monoisotopic (exact) mass is 280 g/mol. The average molecular weight is 280 g/mol. The Kier molecular flexibility index (Phi) is 3.55. The quantitative estimate of drug-likeness (QED) is 0.771. The van der Waals surface area contributed by atoms with Crippen molar-refractivity contribution in [3.8, 4) is 0 Å². The van der Waals surface area contributed by atoms with Gasteiger partial charge in [-0.3, -0.25) is 4.79 Å². The van der Waals surface area contributed by atoms with E-state index < -0.39 is 0 Å². The summed E-state index contributed by atoms with van der Waals surface area (Å²) >= 11 is 0. The minimum atomic E-state index is -0.134. The molecule has 2 heterocycles. The van der Waals surface area contributed by atoms with E-state index in [0.717, 1.165) is 17.7 Å². The van der Waals surface area contributed by atoms with Crippen molar-refractivity contribution < 1.29 is 4.79 Å². The summed E-state index contributed by atoms with van der Waals surface area (Å²) in [5, 5.41) is 10.2. The molecule has 5 heteroatoms. The predicted molar refractivity (Wildman–Crippen MR) is 82.4 cm³/mol. The van der Waals surface area contributed by atoms with Crippen molar-refractivity contribution in [2.75, 3.05) is 12.4 Å². The van der Waals surface area contributed by atoms with Gasteiger partial charge in [0.25, 0.3) is 5.91 Å². The van der Waals surface area contributed by atoms with Crippen molar-refractivity contribution in [1.29, 1.82) is 0 Å². The summed E-state index contributed by atoms with van der Waals surface area (Å²) in [6.07, 6.45) is 3.42. The predicted octanol–water partition coefficient (Wildman–Crippen LogP) is 2.31. The minimum Gasteiger partial charge on any atom is -0.381 e. The van der Waals surface area contributed by atoms with E-state index in [1.165, 1.54) is 5.56 Å². The molecule has 106 valence electrons. The number of carbonyl (C=O) groups is 1. The van der Waals surface area contributed by atoms with Gasteiger partial charge in [0.05, 0.1) is 17.3 Å². The molecular formula is C16H16N4O. The molecule has 0 spiro atoms. The summed E-state index contributed by atoms with van der Waals surface area (Å²) in [7, 11) is 1.61. The number of nitrogens with one attached hydrogen (secondary N) is 2. The van der Waals surface area contributed by atoms with Gasteiger partial charge in [0, 0.05) is 25.5 Å². The zero-order valence-electron chi connectivity index (χ0n) is 11.7. The Morgan fingerprint density at radius 2 is 2.05 bits per heavy atom. The number of pyridine rings is 1. The number of aromatic nitrogens is 2. The largest absolute Gasteiger partial charge is 0.381 e. The number of hydrogen-bond acceptors (Lipinski definition) is 3. The van der Waals surface area contributed by atoms with Crippen LogP contribution in [0.15, 0.2) is 54.9 Å². The Bertz CT molecular complexity index is 764. The molecule has 0 fully saturated rings. The molecule has 0 bridgehead atoms. The maximum Gasteiger partial charge on any atom is 0.254 e. The first kappa shape index (κ1) is 13.2. The summed E-state index contributed by atoms with van der Waals surface area (Å²) in [6.45, 7) is 0.737. The van der Waals surface area contributed by atoms with Crippen LogP contribution in [0.2, 0.25) is 0 Å². The molecule has 0 aliphatic heterocycles. The lowest BCUT2D eigenvalue weighted by Gasteiger charge is -2.07. The van der Waals surface area contributed by atoms with Crippen LogP contribution in [0.4, 0.5) is 5.69 Å². The number of rotatable bonds is 4. The van der Waals surface area contributed by atoms with Crippen molar-refractivity contribution in [3.63, 3.8) is 0 Å². The minimum absolute atomic E-state index is 0.134. The van der Waals surface area contributed by atoms with Gasteiger partial charge in [-0.2, -0.15) is 5.10 Å². The summed E-state index contributed by atoms with van der Waals surface area (Å²) in [5.74, 6) is -0.134. The third-order valence-corrected chi connectivity index (χ3v) is 3.33. The molecule has 0 saturated heterocycles. The standard InChI is InChI=1S/C16H16N4O/c1-17-16(21)14-11-19-20-8-7-13(9-15(14)20)18-10-12-5-3-2-4-6-12/h2-9,11,18H,10H2,1H3,(H,17,21). The second kappa shape index (κ2) is 5.66. The number of nitrogens with zero attached hydrogens (tertiary/aromatic N) is 2. The number of benzene rings is 1. The number of carbonyl (C=O) groups excluding carboxylic acids is 1. The van der Waals surface area contributed by atoms with Crippen LogP contribution in [0, 0.1) is 0 Å². The molecule has 2 aromatic heterocycles. The molecule has 3 aromatic rings. The van der Waals surface area contributed by atoms with Crippen molar-refractivity contribution in [2.24, 2.45) is 0 Å². The van der Waals surface area contributed by atoms with Gasteiger partial charge in [0.1, 0.15) is 0 Å². The van der Waals surface area contributed by atoms with Crippen LogP contribution in [-0.2, 0) is 6.54 Å². The second-order valence-corrected chi connectivity index (χ2v) is 4.72. The van der Waals surface area contributed by atoms with Gasteiger partial charge in [-0.15, -0.1) is 0 Å². The molecule has 1 amide bonds. The fourth-order valence-corrected chi connectivity index (χ4v) is 2.20. The highest BCUT2D eigenvalue weighted by Gasteiger charge is 2.11. The number of fused-ring (bicyclic) bond motifs is 1. The molecule has 1 aromatic carbocycles.